The highest BCUT2D eigenvalue weighted by Crippen LogP contribution is 2.20. The molecule has 0 saturated carbocycles. The lowest BCUT2D eigenvalue weighted by Crippen LogP contribution is -2.43. The number of anilines is 1. The highest BCUT2D eigenvalue weighted by atomic mass is 32.2. The van der Waals surface area contributed by atoms with Crippen LogP contribution in [0.2, 0.25) is 0 Å². The first kappa shape index (κ1) is 22.8. The van der Waals surface area contributed by atoms with Crippen molar-refractivity contribution in [2.45, 2.75) is 30.6 Å². The van der Waals surface area contributed by atoms with Gasteiger partial charge >= 0.3 is 0 Å². The quantitative estimate of drug-likeness (QED) is 0.632. The molecule has 1 N–H and O–H groups in total. The zero-order valence-electron chi connectivity index (χ0n) is 17.6. The van der Waals surface area contributed by atoms with Crippen LogP contribution in [0.15, 0.2) is 59.5 Å². The third-order valence-electron chi connectivity index (χ3n) is 5.24. The maximum atomic E-state index is 12.6. The lowest BCUT2D eigenvalue weighted by molar-refractivity contribution is -0.134. The average Bonchev–Trinajstić information content (AvgIpc) is 2.77. The normalized spacial score (nSPS) is 16.5. The van der Waals surface area contributed by atoms with E-state index < -0.39 is 9.84 Å². The molecule has 2 aromatic carbocycles. The van der Waals surface area contributed by atoms with E-state index in [-0.39, 0.29) is 22.6 Å². The number of para-hydroxylation sites is 1. The maximum absolute atomic E-state index is 12.6. The van der Waals surface area contributed by atoms with Crippen LogP contribution >= 0.6 is 0 Å². The zero-order valence-corrected chi connectivity index (χ0v) is 18.4. The molecule has 7 nitrogen and oxygen atoms in total. The number of carbonyl (C=O) groups is 2. The van der Waals surface area contributed by atoms with Gasteiger partial charge in [-0.2, -0.15) is 0 Å². The number of likely N-dealkylation sites (tertiary alicyclic amines) is 1. The fraction of sp³-hybridized carbons (Fsp3) is 0.391. The largest absolute Gasteiger partial charge is 0.494 e. The summed E-state index contributed by atoms with van der Waals surface area (Å²) in [7, 11) is -3.23. The maximum Gasteiger partial charge on any atom is 0.229 e. The molecular formula is C23H28N2O5S. The summed E-state index contributed by atoms with van der Waals surface area (Å²) in [5.74, 6) is 0.329. The molecule has 1 aliphatic rings. The average molecular weight is 445 g/mol. The first-order chi connectivity index (χ1) is 14.8. The minimum atomic E-state index is -3.23. The van der Waals surface area contributed by atoms with E-state index in [9.17, 15) is 18.0 Å². The van der Waals surface area contributed by atoms with E-state index in [1.807, 2.05) is 30.3 Å². The second kappa shape index (κ2) is 10.4. The molecule has 2 amide bonds. The van der Waals surface area contributed by atoms with Crippen LogP contribution in [0.5, 0.6) is 5.75 Å². The number of sulfone groups is 1. The second-order valence-corrected chi connectivity index (χ2v) is 9.75. The molecule has 31 heavy (non-hydrogen) atoms. The van der Waals surface area contributed by atoms with Crippen molar-refractivity contribution in [1.29, 1.82) is 0 Å². The molecule has 3 rings (SSSR count). The molecule has 1 heterocycles. The molecule has 1 fully saturated rings. The van der Waals surface area contributed by atoms with E-state index in [0.29, 0.717) is 38.3 Å². The smallest absolute Gasteiger partial charge is 0.229 e. The molecule has 2 aromatic rings. The molecule has 0 aromatic heterocycles. The van der Waals surface area contributed by atoms with Crippen molar-refractivity contribution in [1.82, 2.24) is 4.90 Å². The molecule has 0 radical (unpaired) electrons. The number of piperidine rings is 1. The van der Waals surface area contributed by atoms with E-state index >= 15 is 0 Å². The summed E-state index contributed by atoms with van der Waals surface area (Å²) in [6.45, 7) is 1.46. The topological polar surface area (TPSA) is 92.8 Å². The monoisotopic (exact) mass is 444 g/mol. The molecule has 0 bridgehead atoms. The van der Waals surface area contributed by atoms with Gasteiger partial charge in [-0.15, -0.1) is 0 Å². The van der Waals surface area contributed by atoms with Crippen LogP contribution in [-0.4, -0.2) is 51.1 Å². The molecule has 1 unspecified atom stereocenters. The standard InChI is InChI=1S/C23H28N2O5S/c1-31(28,29)21-13-11-20(12-14-21)30-16-6-10-22(26)25-15-5-7-18(17-25)23(27)24-19-8-3-2-4-9-19/h2-4,8-9,11-14,18H,5-7,10,15-17H2,1H3,(H,24,27). The van der Waals surface area contributed by atoms with E-state index in [1.54, 1.807) is 17.0 Å². The van der Waals surface area contributed by atoms with Crippen LogP contribution < -0.4 is 10.1 Å². The van der Waals surface area contributed by atoms with E-state index in [2.05, 4.69) is 5.32 Å². The Balaban J connectivity index is 1.41. The molecule has 1 atom stereocenters. The molecule has 1 aliphatic heterocycles. The van der Waals surface area contributed by atoms with Gasteiger partial charge in [-0.1, -0.05) is 18.2 Å². The molecule has 0 aliphatic carbocycles. The predicted molar refractivity (Wildman–Crippen MR) is 119 cm³/mol. The third kappa shape index (κ3) is 6.82. The van der Waals surface area contributed by atoms with Crippen molar-refractivity contribution in [3.05, 3.63) is 54.6 Å². The first-order valence-corrected chi connectivity index (χ1v) is 12.3. The van der Waals surface area contributed by atoms with Crippen LogP contribution in [0.3, 0.4) is 0 Å². The first-order valence-electron chi connectivity index (χ1n) is 10.4. The molecule has 8 heteroatoms. The van der Waals surface area contributed by atoms with E-state index in [1.165, 1.54) is 12.1 Å². The number of ether oxygens (including phenoxy) is 1. The molecule has 166 valence electrons. The summed E-state index contributed by atoms with van der Waals surface area (Å²) in [4.78, 5) is 27.1. The third-order valence-corrected chi connectivity index (χ3v) is 6.37. The molecule has 1 saturated heterocycles. The Kier molecular flexibility index (Phi) is 7.68. The Hall–Kier alpha value is -2.87. The summed E-state index contributed by atoms with van der Waals surface area (Å²) < 4.78 is 28.6. The van der Waals surface area contributed by atoms with E-state index in [0.717, 1.165) is 24.8 Å². The van der Waals surface area contributed by atoms with Gasteiger partial charge in [0, 0.05) is 31.5 Å². The summed E-state index contributed by atoms with van der Waals surface area (Å²) in [5, 5.41) is 2.92. The summed E-state index contributed by atoms with van der Waals surface area (Å²) in [5.41, 5.74) is 0.762. The molecule has 0 spiro atoms. The van der Waals surface area contributed by atoms with Gasteiger partial charge in [-0.05, 0) is 55.7 Å². The summed E-state index contributed by atoms with van der Waals surface area (Å²) >= 11 is 0. The van der Waals surface area contributed by atoms with Gasteiger partial charge in [-0.25, -0.2) is 8.42 Å². The van der Waals surface area contributed by atoms with Gasteiger partial charge in [-0.3, -0.25) is 9.59 Å². The van der Waals surface area contributed by atoms with Crippen LogP contribution in [0.1, 0.15) is 25.7 Å². The lowest BCUT2D eigenvalue weighted by atomic mass is 9.96. The van der Waals surface area contributed by atoms with Gasteiger partial charge in [0.15, 0.2) is 9.84 Å². The van der Waals surface area contributed by atoms with Crippen LogP contribution in [0.4, 0.5) is 5.69 Å². The van der Waals surface area contributed by atoms with Crippen LogP contribution in [0.25, 0.3) is 0 Å². The fourth-order valence-corrected chi connectivity index (χ4v) is 4.17. The van der Waals surface area contributed by atoms with Gasteiger partial charge in [0.05, 0.1) is 17.4 Å². The van der Waals surface area contributed by atoms with Crippen molar-refractivity contribution in [3.63, 3.8) is 0 Å². The number of amides is 2. The Morgan fingerprint density at radius 2 is 1.81 bits per heavy atom. The van der Waals surface area contributed by atoms with Crippen molar-refractivity contribution in [2.75, 3.05) is 31.3 Å². The van der Waals surface area contributed by atoms with Crippen molar-refractivity contribution >= 4 is 27.3 Å². The number of hydrogen-bond donors (Lipinski definition) is 1. The van der Waals surface area contributed by atoms with Gasteiger partial charge in [0.25, 0.3) is 0 Å². The Morgan fingerprint density at radius 1 is 1.10 bits per heavy atom. The van der Waals surface area contributed by atoms with Gasteiger partial charge < -0.3 is 15.0 Å². The Morgan fingerprint density at radius 3 is 2.48 bits per heavy atom. The second-order valence-electron chi connectivity index (χ2n) is 7.73. The van der Waals surface area contributed by atoms with Gasteiger partial charge in [0.1, 0.15) is 5.75 Å². The SMILES string of the molecule is CS(=O)(=O)c1ccc(OCCCC(=O)N2CCCC(C(=O)Nc3ccccc3)C2)cc1. The number of rotatable bonds is 8. The number of nitrogens with zero attached hydrogens (tertiary/aromatic N) is 1. The minimum Gasteiger partial charge on any atom is -0.494 e. The highest BCUT2D eigenvalue weighted by molar-refractivity contribution is 7.90. The predicted octanol–water partition coefficient (Wildman–Crippen LogP) is 3.13. The fourth-order valence-electron chi connectivity index (χ4n) is 3.54. The Bertz CT molecular complexity index is 990. The summed E-state index contributed by atoms with van der Waals surface area (Å²) in [6, 6.07) is 15.6. The van der Waals surface area contributed by atoms with Crippen LogP contribution in [-0.2, 0) is 19.4 Å². The van der Waals surface area contributed by atoms with Crippen LogP contribution in [0, 0.1) is 5.92 Å². The van der Waals surface area contributed by atoms with Crippen molar-refractivity contribution in [2.24, 2.45) is 5.92 Å². The zero-order chi connectivity index (χ0) is 22.3. The Labute approximate surface area is 183 Å². The van der Waals surface area contributed by atoms with E-state index in [4.69, 9.17) is 4.74 Å². The molecular weight excluding hydrogens is 416 g/mol. The number of hydrogen-bond acceptors (Lipinski definition) is 5. The lowest BCUT2D eigenvalue weighted by Gasteiger charge is -2.32. The minimum absolute atomic E-state index is 0.0215. The number of carbonyl (C=O) groups excluding carboxylic acids is 2. The number of benzene rings is 2. The van der Waals surface area contributed by atoms with Crippen molar-refractivity contribution < 1.29 is 22.7 Å². The summed E-state index contributed by atoms with van der Waals surface area (Å²) in [6.07, 6.45) is 3.63. The van der Waals surface area contributed by atoms with Gasteiger partial charge in [0.2, 0.25) is 11.8 Å². The number of nitrogens with one attached hydrogen (secondary N) is 1. The van der Waals surface area contributed by atoms with Crippen molar-refractivity contribution in [3.8, 4) is 5.75 Å². The highest BCUT2D eigenvalue weighted by Gasteiger charge is 2.28.